The van der Waals surface area contributed by atoms with Gasteiger partial charge in [0, 0.05) is 44.2 Å². The molecule has 0 unspecified atom stereocenters. The van der Waals surface area contributed by atoms with Crippen molar-refractivity contribution >= 4 is 59.8 Å². The maximum Gasteiger partial charge on any atom is 0.0613 e. The molecule has 158 valence electrons. The number of hydrogen-bond donors (Lipinski definition) is 0. The van der Waals surface area contributed by atoms with Crippen LogP contribution in [0.15, 0.2) is 121 Å². The summed E-state index contributed by atoms with van der Waals surface area (Å²) in [7, 11) is 0. The Morgan fingerprint density at radius 3 is 1.88 bits per heavy atom. The summed E-state index contributed by atoms with van der Waals surface area (Å²) < 4.78 is 4.80. The molecule has 8 rings (SSSR count). The zero-order valence-electron chi connectivity index (χ0n) is 18.4. The normalized spacial score (nSPS) is 12.1. The van der Waals surface area contributed by atoms with E-state index in [2.05, 4.69) is 130 Å². The van der Waals surface area contributed by atoms with Gasteiger partial charge in [0.1, 0.15) is 0 Å². The highest BCUT2D eigenvalue weighted by atomic mass is 15.0. The highest BCUT2D eigenvalue weighted by Crippen LogP contribution is 2.39. The third kappa shape index (κ3) is 2.24. The SMILES string of the molecule is c1ccc(-n2c3ccccc3c3cc4c(cc32)c2ccccc2c2c3ccccc3cn42)cc1. The third-order valence-electron chi connectivity index (χ3n) is 7.26. The van der Waals surface area contributed by atoms with Crippen LogP contribution >= 0.6 is 0 Å². The zero-order valence-corrected chi connectivity index (χ0v) is 18.4. The van der Waals surface area contributed by atoms with Gasteiger partial charge in [-0.1, -0.05) is 84.9 Å². The Balaban J connectivity index is 1.67. The van der Waals surface area contributed by atoms with Gasteiger partial charge in [-0.3, -0.25) is 0 Å². The van der Waals surface area contributed by atoms with Crippen LogP contribution in [0.3, 0.4) is 0 Å². The molecule has 2 heteroatoms. The Morgan fingerprint density at radius 1 is 0.412 bits per heavy atom. The fourth-order valence-electron chi connectivity index (χ4n) is 5.82. The molecule has 0 spiro atoms. The van der Waals surface area contributed by atoms with Gasteiger partial charge in [0.25, 0.3) is 0 Å². The van der Waals surface area contributed by atoms with E-state index in [9.17, 15) is 0 Å². The van der Waals surface area contributed by atoms with E-state index in [-0.39, 0.29) is 0 Å². The van der Waals surface area contributed by atoms with Crippen LogP contribution in [0.2, 0.25) is 0 Å². The molecule has 0 bridgehead atoms. The predicted molar refractivity (Wildman–Crippen MR) is 144 cm³/mol. The van der Waals surface area contributed by atoms with Crippen molar-refractivity contribution in [1.82, 2.24) is 8.97 Å². The third-order valence-corrected chi connectivity index (χ3v) is 7.26. The molecule has 0 radical (unpaired) electrons. The fourth-order valence-corrected chi connectivity index (χ4v) is 5.82. The molecule has 0 saturated carbocycles. The van der Waals surface area contributed by atoms with Crippen LogP contribution in [0.25, 0.3) is 65.5 Å². The number of benzene rings is 5. The molecule has 0 atom stereocenters. The fraction of sp³-hybridized carbons (Fsp3) is 0. The molecule has 0 aliphatic heterocycles. The Morgan fingerprint density at radius 2 is 1.03 bits per heavy atom. The van der Waals surface area contributed by atoms with Crippen molar-refractivity contribution in [2.75, 3.05) is 0 Å². The van der Waals surface area contributed by atoms with Gasteiger partial charge in [0.15, 0.2) is 0 Å². The first-order valence-electron chi connectivity index (χ1n) is 11.7. The van der Waals surface area contributed by atoms with E-state index >= 15 is 0 Å². The summed E-state index contributed by atoms with van der Waals surface area (Å²) in [4.78, 5) is 0. The minimum atomic E-state index is 1.19. The number of pyridine rings is 1. The van der Waals surface area contributed by atoms with Crippen LogP contribution < -0.4 is 0 Å². The molecule has 3 aromatic heterocycles. The lowest BCUT2D eigenvalue weighted by Crippen LogP contribution is -1.94. The number of rotatable bonds is 1. The highest BCUT2D eigenvalue weighted by Gasteiger charge is 2.17. The summed E-state index contributed by atoms with van der Waals surface area (Å²) in [6.07, 6.45) is 2.29. The highest BCUT2D eigenvalue weighted by molar-refractivity contribution is 6.23. The quantitative estimate of drug-likeness (QED) is 0.230. The Hall–Kier alpha value is -4.56. The molecular formula is C32H20N2. The smallest absolute Gasteiger partial charge is 0.0613 e. The Bertz CT molecular complexity index is 2060. The topological polar surface area (TPSA) is 9.34 Å². The van der Waals surface area contributed by atoms with Gasteiger partial charge >= 0.3 is 0 Å². The second-order valence-electron chi connectivity index (χ2n) is 9.06. The molecule has 34 heavy (non-hydrogen) atoms. The van der Waals surface area contributed by atoms with Crippen molar-refractivity contribution in [3.63, 3.8) is 0 Å². The van der Waals surface area contributed by atoms with Crippen molar-refractivity contribution in [3.05, 3.63) is 121 Å². The van der Waals surface area contributed by atoms with E-state index in [4.69, 9.17) is 0 Å². The summed E-state index contributed by atoms with van der Waals surface area (Å²) in [6, 6.07) is 41.7. The molecule has 0 N–H and O–H groups in total. The minimum Gasteiger partial charge on any atom is -0.315 e. The zero-order chi connectivity index (χ0) is 22.2. The largest absolute Gasteiger partial charge is 0.315 e. The van der Waals surface area contributed by atoms with Crippen LogP contribution in [0.4, 0.5) is 0 Å². The van der Waals surface area contributed by atoms with E-state index in [0.29, 0.717) is 0 Å². The Labute approximate surface area is 195 Å². The molecule has 2 nitrogen and oxygen atoms in total. The van der Waals surface area contributed by atoms with Crippen molar-refractivity contribution in [3.8, 4) is 5.69 Å². The first-order chi connectivity index (χ1) is 16.9. The van der Waals surface area contributed by atoms with Gasteiger partial charge in [-0.25, -0.2) is 0 Å². The van der Waals surface area contributed by atoms with Crippen molar-refractivity contribution in [2.24, 2.45) is 0 Å². The van der Waals surface area contributed by atoms with Crippen molar-refractivity contribution in [1.29, 1.82) is 0 Å². The number of nitrogens with zero attached hydrogens (tertiary/aromatic N) is 2. The predicted octanol–water partition coefficient (Wildman–Crippen LogP) is 8.50. The molecule has 5 aromatic carbocycles. The maximum absolute atomic E-state index is 2.40. The second kappa shape index (κ2) is 6.49. The number of para-hydroxylation sites is 2. The molecule has 0 aliphatic carbocycles. The van der Waals surface area contributed by atoms with Gasteiger partial charge in [-0.15, -0.1) is 0 Å². The van der Waals surface area contributed by atoms with Crippen LogP contribution in [-0.2, 0) is 0 Å². The number of aromatic nitrogens is 2. The lowest BCUT2D eigenvalue weighted by Gasteiger charge is -2.12. The van der Waals surface area contributed by atoms with Gasteiger partial charge in [-0.2, -0.15) is 0 Å². The minimum absolute atomic E-state index is 1.19. The summed E-state index contributed by atoms with van der Waals surface area (Å²) >= 11 is 0. The average Bonchev–Trinajstić information content (AvgIpc) is 3.44. The molecule has 0 aliphatic rings. The van der Waals surface area contributed by atoms with Gasteiger partial charge in [-0.05, 0) is 35.7 Å². The van der Waals surface area contributed by atoms with Gasteiger partial charge in [0.05, 0.1) is 22.1 Å². The summed E-state index contributed by atoms with van der Waals surface area (Å²) in [6.45, 7) is 0. The molecule has 8 aromatic rings. The summed E-state index contributed by atoms with van der Waals surface area (Å²) in [5, 5.41) is 8.98. The lowest BCUT2D eigenvalue weighted by atomic mass is 10.0. The number of hydrogen-bond acceptors (Lipinski definition) is 0. The van der Waals surface area contributed by atoms with Gasteiger partial charge in [0.2, 0.25) is 0 Å². The van der Waals surface area contributed by atoms with Crippen molar-refractivity contribution in [2.45, 2.75) is 0 Å². The second-order valence-corrected chi connectivity index (χ2v) is 9.06. The van der Waals surface area contributed by atoms with E-state index in [1.54, 1.807) is 0 Å². The Kier molecular flexibility index (Phi) is 3.42. The van der Waals surface area contributed by atoms with E-state index in [1.165, 1.54) is 65.5 Å². The molecule has 0 saturated heterocycles. The first-order valence-corrected chi connectivity index (χ1v) is 11.7. The summed E-state index contributed by atoms with van der Waals surface area (Å²) in [5.41, 5.74) is 6.18. The number of fused-ring (bicyclic) bond motifs is 11. The van der Waals surface area contributed by atoms with E-state index in [0.717, 1.165) is 0 Å². The molecular weight excluding hydrogens is 412 g/mol. The lowest BCUT2D eigenvalue weighted by molar-refractivity contribution is 1.18. The van der Waals surface area contributed by atoms with E-state index < -0.39 is 0 Å². The first kappa shape index (κ1) is 17.9. The average molecular weight is 433 g/mol. The molecule has 3 heterocycles. The van der Waals surface area contributed by atoms with Crippen LogP contribution in [0.5, 0.6) is 0 Å². The van der Waals surface area contributed by atoms with Crippen LogP contribution in [0, 0.1) is 0 Å². The van der Waals surface area contributed by atoms with Crippen LogP contribution in [-0.4, -0.2) is 8.97 Å². The summed E-state index contributed by atoms with van der Waals surface area (Å²) in [5.74, 6) is 0. The van der Waals surface area contributed by atoms with Gasteiger partial charge < -0.3 is 8.97 Å². The molecule has 0 amide bonds. The molecule has 0 fully saturated rings. The maximum atomic E-state index is 2.40. The van der Waals surface area contributed by atoms with Crippen molar-refractivity contribution < 1.29 is 0 Å². The van der Waals surface area contributed by atoms with Crippen LogP contribution in [0.1, 0.15) is 0 Å². The monoisotopic (exact) mass is 432 g/mol. The van der Waals surface area contributed by atoms with E-state index in [1.807, 2.05) is 0 Å². The standard InChI is InChI=1S/C32H20N2/c1-2-11-22(12-3-1)34-29-17-9-8-15-25(29)28-18-30-27(19-31(28)34)24-14-6-7-16-26(24)32-23-13-5-4-10-21(23)20-33(30)32/h1-20H.